The number of piperidine rings is 1. The second-order valence-corrected chi connectivity index (χ2v) is 9.43. The minimum absolute atomic E-state index is 0.000333. The maximum absolute atomic E-state index is 13.2. The minimum atomic E-state index is -0.147. The van der Waals surface area contributed by atoms with Crippen LogP contribution in [0.5, 0.6) is 5.75 Å². The van der Waals surface area contributed by atoms with Crippen molar-refractivity contribution in [1.82, 2.24) is 9.88 Å². The van der Waals surface area contributed by atoms with Crippen LogP contribution < -0.4 is 10.1 Å². The number of anilines is 1. The number of benzene rings is 3. The maximum Gasteiger partial charge on any atom is 0.253 e. The molecule has 2 heterocycles. The number of aromatic nitrogens is 1. The molecule has 1 aliphatic rings. The summed E-state index contributed by atoms with van der Waals surface area (Å²) >= 11 is 0. The summed E-state index contributed by atoms with van der Waals surface area (Å²) in [6, 6.07) is 22.5. The summed E-state index contributed by atoms with van der Waals surface area (Å²) in [5, 5.41) is 3.01. The van der Waals surface area contributed by atoms with Crippen LogP contribution in [-0.2, 0) is 4.79 Å². The molecule has 1 N–H and O–H groups in total. The number of hydrogen-bond donors (Lipinski definition) is 1. The molecule has 2 amide bonds. The first-order chi connectivity index (χ1) is 18.0. The van der Waals surface area contributed by atoms with E-state index in [0.717, 1.165) is 29.8 Å². The minimum Gasteiger partial charge on any atom is -0.494 e. The first kappa shape index (κ1) is 24.6. The molecule has 37 heavy (non-hydrogen) atoms. The zero-order valence-electron chi connectivity index (χ0n) is 21.1. The molecule has 0 saturated carbocycles. The van der Waals surface area contributed by atoms with E-state index in [1.807, 2.05) is 79.4 Å². The van der Waals surface area contributed by atoms with Gasteiger partial charge in [-0.1, -0.05) is 25.1 Å². The van der Waals surface area contributed by atoms with Crippen molar-refractivity contribution < 1.29 is 18.7 Å². The highest BCUT2D eigenvalue weighted by atomic mass is 16.5. The van der Waals surface area contributed by atoms with Crippen LogP contribution in [0.15, 0.2) is 77.2 Å². The second-order valence-electron chi connectivity index (χ2n) is 9.43. The Balaban J connectivity index is 1.18. The van der Waals surface area contributed by atoms with Crippen molar-refractivity contribution >= 4 is 28.6 Å². The zero-order valence-corrected chi connectivity index (χ0v) is 21.1. The number of hydrogen-bond acceptors (Lipinski definition) is 5. The van der Waals surface area contributed by atoms with Gasteiger partial charge in [0.2, 0.25) is 11.8 Å². The summed E-state index contributed by atoms with van der Waals surface area (Å²) in [5.74, 6) is 1.38. The van der Waals surface area contributed by atoms with E-state index in [4.69, 9.17) is 9.15 Å². The zero-order chi connectivity index (χ0) is 25.8. The highest BCUT2D eigenvalue weighted by Gasteiger charge is 2.30. The van der Waals surface area contributed by atoms with Crippen molar-refractivity contribution in [3.63, 3.8) is 0 Å². The normalized spacial score (nSPS) is 14.9. The lowest BCUT2D eigenvalue weighted by atomic mass is 9.84. The van der Waals surface area contributed by atoms with E-state index >= 15 is 0 Å². The van der Waals surface area contributed by atoms with Crippen LogP contribution in [0.3, 0.4) is 0 Å². The van der Waals surface area contributed by atoms with Gasteiger partial charge in [0.25, 0.3) is 5.91 Å². The molecule has 5 rings (SSSR count). The molecule has 0 bridgehead atoms. The van der Waals surface area contributed by atoms with E-state index in [1.54, 1.807) is 12.1 Å². The summed E-state index contributed by atoms with van der Waals surface area (Å²) < 4.78 is 11.3. The third-order valence-corrected chi connectivity index (χ3v) is 7.04. The fraction of sp³-hybridized carbons (Fsp3) is 0.300. The van der Waals surface area contributed by atoms with E-state index in [0.29, 0.717) is 42.3 Å². The van der Waals surface area contributed by atoms with Crippen molar-refractivity contribution in [2.45, 2.75) is 26.7 Å². The maximum atomic E-state index is 13.2. The van der Waals surface area contributed by atoms with Crippen molar-refractivity contribution in [3.8, 4) is 17.2 Å². The molecule has 4 aromatic rings. The average Bonchev–Trinajstić information content (AvgIpc) is 3.38. The molecule has 1 fully saturated rings. The summed E-state index contributed by atoms with van der Waals surface area (Å²) in [4.78, 5) is 32.5. The number of amides is 2. The number of rotatable bonds is 7. The highest BCUT2D eigenvalue weighted by Crippen LogP contribution is 2.29. The van der Waals surface area contributed by atoms with Crippen LogP contribution in [-0.4, -0.2) is 41.4 Å². The van der Waals surface area contributed by atoms with E-state index in [9.17, 15) is 9.59 Å². The number of fused-ring (bicyclic) bond motifs is 1. The fourth-order valence-electron chi connectivity index (χ4n) is 4.82. The Morgan fingerprint density at radius 1 is 1.05 bits per heavy atom. The molecule has 0 spiro atoms. The first-order valence-corrected chi connectivity index (χ1v) is 12.8. The lowest BCUT2D eigenvalue weighted by Gasteiger charge is -2.34. The monoisotopic (exact) mass is 497 g/mol. The van der Waals surface area contributed by atoms with Gasteiger partial charge in [0.15, 0.2) is 5.58 Å². The molecule has 190 valence electrons. The Morgan fingerprint density at radius 2 is 1.78 bits per heavy atom. The lowest BCUT2D eigenvalue weighted by molar-refractivity contribution is -0.121. The smallest absolute Gasteiger partial charge is 0.253 e. The average molecular weight is 498 g/mol. The van der Waals surface area contributed by atoms with Gasteiger partial charge in [0, 0.05) is 35.8 Å². The Kier molecular flexibility index (Phi) is 7.21. The number of likely N-dealkylation sites (tertiary alicyclic amines) is 1. The van der Waals surface area contributed by atoms with Gasteiger partial charge < -0.3 is 19.4 Å². The molecule has 1 unspecified atom stereocenters. The molecule has 0 radical (unpaired) electrons. The molecule has 1 aromatic heterocycles. The quantitative estimate of drug-likeness (QED) is 0.337. The van der Waals surface area contributed by atoms with Crippen molar-refractivity contribution in [2.75, 3.05) is 25.0 Å². The molecule has 3 aromatic carbocycles. The Hall–Kier alpha value is -4.13. The van der Waals surface area contributed by atoms with Gasteiger partial charge in [-0.2, -0.15) is 0 Å². The van der Waals surface area contributed by atoms with Gasteiger partial charge in [0.1, 0.15) is 11.3 Å². The van der Waals surface area contributed by atoms with Gasteiger partial charge in [-0.3, -0.25) is 9.59 Å². The topological polar surface area (TPSA) is 84.7 Å². The first-order valence-electron chi connectivity index (χ1n) is 12.8. The fourth-order valence-corrected chi connectivity index (χ4v) is 4.82. The Morgan fingerprint density at radius 3 is 2.49 bits per heavy atom. The van der Waals surface area contributed by atoms with Crippen LogP contribution >= 0.6 is 0 Å². The summed E-state index contributed by atoms with van der Waals surface area (Å²) in [6.45, 7) is 5.75. The van der Waals surface area contributed by atoms with Gasteiger partial charge in [-0.25, -0.2) is 4.98 Å². The summed E-state index contributed by atoms with van der Waals surface area (Å²) in [6.07, 6.45) is 1.57. The van der Waals surface area contributed by atoms with Gasteiger partial charge in [-0.05, 0) is 80.3 Å². The van der Waals surface area contributed by atoms with Crippen LogP contribution in [0.25, 0.3) is 22.6 Å². The molecule has 0 aliphatic carbocycles. The van der Waals surface area contributed by atoms with Gasteiger partial charge in [0.05, 0.1) is 6.61 Å². The third kappa shape index (κ3) is 5.50. The van der Waals surface area contributed by atoms with Crippen LogP contribution in [0.2, 0.25) is 0 Å². The van der Waals surface area contributed by atoms with Crippen molar-refractivity contribution in [1.29, 1.82) is 0 Å². The molecule has 7 heteroatoms. The third-order valence-electron chi connectivity index (χ3n) is 7.04. The van der Waals surface area contributed by atoms with E-state index in [-0.39, 0.29) is 23.7 Å². The molecule has 7 nitrogen and oxygen atoms in total. The molecular weight excluding hydrogens is 466 g/mol. The number of nitrogens with zero attached hydrogens (tertiary/aromatic N) is 2. The lowest BCUT2D eigenvalue weighted by Crippen LogP contribution is -2.41. The number of oxazole rings is 1. The number of ether oxygens (including phenoxy) is 1. The van der Waals surface area contributed by atoms with Crippen LogP contribution in [0, 0.1) is 11.8 Å². The second kappa shape index (κ2) is 10.9. The number of carbonyl (C=O) groups excluding carboxylic acids is 2. The molecule has 1 atom stereocenters. The summed E-state index contributed by atoms with van der Waals surface area (Å²) in [5.41, 5.74) is 3.57. The van der Waals surface area contributed by atoms with E-state index in [2.05, 4.69) is 10.3 Å². The highest BCUT2D eigenvalue weighted by molar-refractivity contribution is 5.97. The predicted octanol–water partition coefficient (Wildman–Crippen LogP) is 6.02. The van der Waals surface area contributed by atoms with Crippen LogP contribution in [0.4, 0.5) is 5.69 Å². The SMILES string of the molecule is CCOc1ccc(NC(=O)C(C)C2CCN(C(=O)c3ccc4oc(-c5ccccc5)nc4c3)CC2)cc1. The van der Waals surface area contributed by atoms with Crippen LogP contribution in [0.1, 0.15) is 37.0 Å². The van der Waals surface area contributed by atoms with Crippen molar-refractivity contribution in [3.05, 3.63) is 78.4 Å². The van der Waals surface area contributed by atoms with E-state index in [1.165, 1.54) is 0 Å². The summed E-state index contributed by atoms with van der Waals surface area (Å²) in [7, 11) is 0. The largest absolute Gasteiger partial charge is 0.494 e. The Labute approximate surface area is 216 Å². The van der Waals surface area contributed by atoms with Gasteiger partial charge >= 0.3 is 0 Å². The van der Waals surface area contributed by atoms with Gasteiger partial charge in [-0.15, -0.1) is 0 Å². The molecule has 1 saturated heterocycles. The van der Waals surface area contributed by atoms with Crippen molar-refractivity contribution in [2.24, 2.45) is 11.8 Å². The van der Waals surface area contributed by atoms with E-state index < -0.39 is 0 Å². The number of nitrogens with one attached hydrogen (secondary N) is 1. The predicted molar refractivity (Wildman–Crippen MR) is 143 cm³/mol. The molecule has 1 aliphatic heterocycles. The molecular formula is C30H31N3O4. The Bertz CT molecular complexity index is 1370. The standard InChI is InChI=1S/C30H31N3O4/c1-3-36-25-12-10-24(11-13-25)31-28(34)20(2)21-15-17-33(18-16-21)30(35)23-9-14-27-26(19-23)32-29(37-27)22-7-5-4-6-8-22/h4-14,19-21H,3,15-18H2,1-2H3,(H,31,34). The number of carbonyl (C=O) groups is 2.